The molecule has 0 atom stereocenters. The van der Waals surface area contributed by atoms with Crippen LogP contribution in [0.3, 0.4) is 0 Å². The Morgan fingerprint density at radius 3 is 2.55 bits per heavy atom. The highest BCUT2D eigenvalue weighted by atomic mass is 32.1. The Hall–Kier alpha value is -2.15. The monoisotopic (exact) mass is 321 g/mol. The summed E-state index contributed by atoms with van der Waals surface area (Å²) in [6.07, 6.45) is 1.79. The molecule has 0 saturated carbocycles. The summed E-state index contributed by atoms with van der Waals surface area (Å²) in [4.78, 5) is 12.2. The van der Waals surface area contributed by atoms with Crippen LogP contribution in [0.2, 0.25) is 0 Å². The summed E-state index contributed by atoms with van der Waals surface area (Å²) >= 11 is 1.27. The Labute approximate surface area is 133 Å². The van der Waals surface area contributed by atoms with E-state index in [-0.39, 0.29) is 5.91 Å². The van der Waals surface area contributed by atoms with Crippen molar-refractivity contribution in [2.75, 3.05) is 18.5 Å². The van der Waals surface area contributed by atoms with Crippen molar-refractivity contribution in [3.8, 4) is 11.5 Å². The molecule has 1 amide bonds. The summed E-state index contributed by atoms with van der Waals surface area (Å²) in [7, 11) is 0. The van der Waals surface area contributed by atoms with Gasteiger partial charge < -0.3 is 9.47 Å². The van der Waals surface area contributed by atoms with E-state index in [1.807, 2.05) is 13.8 Å². The Morgan fingerprint density at radius 1 is 1.18 bits per heavy atom. The first-order valence-electron chi connectivity index (χ1n) is 7.21. The van der Waals surface area contributed by atoms with E-state index < -0.39 is 0 Å². The molecule has 2 rings (SSSR count). The quantitative estimate of drug-likeness (QED) is 0.807. The molecule has 0 saturated heterocycles. The van der Waals surface area contributed by atoms with Crippen molar-refractivity contribution < 1.29 is 14.3 Å². The minimum atomic E-state index is -0.250. The lowest BCUT2D eigenvalue weighted by molar-refractivity contribution is 0.102. The first-order valence-corrected chi connectivity index (χ1v) is 8.09. The third kappa shape index (κ3) is 4.42. The molecule has 0 unspecified atom stereocenters. The van der Waals surface area contributed by atoms with E-state index in [2.05, 4.69) is 15.5 Å². The van der Waals surface area contributed by atoms with Crippen molar-refractivity contribution in [3.63, 3.8) is 0 Å². The number of carbonyl (C=O) groups is 1. The maximum Gasteiger partial charge on any atom is 0.257 e. The van der Waals surface area contributed by atoms with Crippen molar-refractivity contribution in [3.05, 3.63) is 29.3 Å². The van der Waals surface area contributed by atoms with Gasteiger partial charge in [-0.3, -0.25) is 10.1 Å². The number of hydrogen-bond donors (Lipinski definition) is 1. The first kappa shape index (κ1) is 16.2. The van der Waals surface area contributed by atoms with E-state index >= 15 is 0 Å². The van der Waals surface area contributed by atoms with Gasteiger partial charge in [-0.1, -0.05) is 25.2 Å². The number of hydrogen-bond acceptors (Lipinski definition) is 6. The normalized spacial score (nSPS) is 10.3. The molecule has 1 aromatic carbocycles. The minimum Gasteiger partial charge on any atom is -0.490 e. The van der Waals surface area contributed by atoms with Gasteiger partial charge in [-0.25, -0.2) is 0 Å². The topological polar surface area (TPSA) is 73.3 Å². The SMILES string of the molecule is CCCOc1ccc(C(=O)Nc2nncs2)cc1OCCC. The molecule has 7 heteroatoms. The average Bonchev–Trinajstić information content (AvgIpc) is 3.04. The molecule has 0 bridgehead atoms. The molecular weight excluding hydrogens is 302 g/mol. The van der Waals surface area contributed by atoms with Crippen LogP contribution in [0, 0.1) is 0 Å². The van der Waals surface area contributed by atoms with Crippen molar-refractivity contribution in [1.82, 2.24) is 10.2 Å². The maximum absolute atomic E-state index is 12.2. The molecule has 1 heterocycles. The number of nitrogens with zero attached hydrogens (tertiary/aromatic N) is 2. The second-order valence-electron chi connectivity index (χ2n) is 4.56. The molecule has 22 heavy (non-hydrogen) atoms. The van der Waals surface area contributed by atoms with Gasteiger partial charge in [0.2, 0.25) is 5.13 Å². The lowest BCUT2D eigenvalue weighted by Crippen LogP contribution is -2.12. The van der Waals surface area contributed by atoms with Crippen LogP contribution in [0.1, 0.15) is 37.0 Å². The van der Waals surface area contributed by atoms with E-state index in [0.717, 1.165) is 12.8 Å². The summed E-state index contributed by atoms with van der Waals surface area (Å²) in [5.74, 6) is 0.989. The predicted molar refractivity (Wildman–Crippen MR) is 85.9 cm³/mol. The van der Waals surface area contributed by atoms with Gasteiger partial charge in [-0.05, 0) is 31.0 Å². The molecule has 6 nitrogen and oxygen atoms in total. The second-order valence-corrected chi connectivity index (χ2v) is 5.39. The molecule has 0 spiro atoms. The zero-order chi connectivity index (χ0) is 15.8. The van der Waals surface area contributed by atoms with Gasteiger partial charge in [0.1, 0.15) is 5.51 Å². The standard InChI is InChI=1S/C15H19N3O3S/c1-3-7-20-12-6-5-11(9-13(12)21-8-4-2)14(19)17-15-18-16-10-22-15/h5-6,9-10H,3-4,7-8H2,1-2H3,(H,17,18,19). The van der Waals surface area contributed by atoms with E-state index in [1.165, 1.54) is 11.3 Å². The number of rotatable bonds is 8. The Kier molecular flexibility index (Phi) is 6.14. The van der Waals surface area contributed by atoms with E-state index in [0.29, 0.717) is 35.4 Å². The Bertz CT molecular complexity index is 602. The van der Waals surface area contributed by atoms with Crippen molar-refractivity contribution in [2.24, 2.45) is 0 Å². The van der Waals surface area contributed by atoms with Crippen LogP contribution in [0.25, 0.3) is 0 Å². The number of ether oxygens (including phenoxy) is 2. The average molecular weight is 321 g/mol. The predicted octanol–water partition coefficient (Wildman–Crippen LogP) is 3.37. The molecule has 1 aromatic heterocycles. The summed E-state index contributed by atoms with van der Waals surface area (Å²) in [6, 6.07) is 5.16. The number of anilines is 1. The summed E-state index contributed by atoms with van der Waals surface area (Å²) < 4.78 is 11.3. The molecule has 2 aromatic rings. The van der Waals surface area contributed by atoms with Gasteiger partial charge in [-0.15, -0.1) is 10.2 Å². The summed E-state index contributed by atoms with van der Waals surface area (Å²) in [5, 5.41) is 10.6. The van der Waals surface area contributed by atoms with Crippen LogP contribution >= 0.6 is 11.3 Å². The van der Waals surface area contributed by atoms with Gasteiger partial charge in [0.05, 0.1) is 13.2 Å². The molecule has 0 aliphatic carbocycles. The lowest BCUT2D eigenvalue weighted by Gasteiger charge is -2.13. The van der Waals surface area contributed by atoms with Crippen molar-refractivity contribution in [1.29, 1.82) is 0 Å². The van der Waals surface area contributed by atoms with E-state index in [1.54, 1.807) is 23.7 Å². The van der Waals surface area contributed by atoms with Gasteiger partial charge in [0.15, 0.2) is 11.5 Å². The zero-order valence-electron chi connectivity index (χ0n) is 12.7. The highest BCUT2D eigenvalue weighted by Gasteiger charge is 2.13. The van der Waals surface area contributed by atoms with Gasteiger partial charge in [-0.2, -0.15) is 0 Å². The number of benzene rings is 1. The van der Waals surface area contributed by atoms with Crippen molar-refractivity contribution >= 4 is 22.4 Å². The van der Waals surface area contributed by atoms with Gasteiger partial charge in [0, 0.05) is 5.56 Å². The third-order valence-electron chi connectivity index (χ3n) is 2.71. The van der Waals surface area contributed by atoms with Crippen LogP contribution in [-0.4, -0.2) is 29.3 Å². The third-order valence-corrected chi connectivity index (χ3v) is 3.32. The Morgan fingerprint density at radius 2 is 1.91 bits per heavy atom. The molecule has 0 aliphatic rings. The summed E-state index contributed by atoms with van der Waals surface area (Å²) in [6.45, 7) is 5.25. The minimum absolute atomic E-state index is 0.250. The van der Waals surface area contributed by atoms with Crippen LogP contribution in [0.4, 0.5) is 5.13 Å². The maximum atomic E-state index is 12.2. The fourth-order valence-corrected chi connectivity index (χ4v) is 2.14. The van der Waals surface area contributed by atoms with Gasteiger partial charge >= 0.3 is 0 Å². The van der Waals surface area contributed by atoms with E-state index in [4.69, 9.17) is 9.47 Å². The fraction of sp³-hybridized carbons (Fsp3) is 0.400. The van der Waals surface area contributed by atoms with Crippen LogP contribution < -0.4 is 14.8 Å². The zero-order valence-corrected chi connectivity index (χ0v) is 13.5. The smallest absolute Gasteiger partial charge is 0.257 e. The number of nitrogens with one attached hydrogen (secondary N) is 1. The highest BCUT2D eigenvalue weighted by Crippen LogP contribution is 2.29. The second kappa shape index (κ2) is 8.33. The van der Waals surface area contributed by atoms with Crippen LogP contribution in [0.15, 0.2) is 23.7 Å². The molecule has 1 N–H and O–H groups in total. The molecule has 0 fully saturated rings. The summed E-state index contributed by atoms with van der Waals surface area (Å²) in [5.41, 5.74) is 2.05. The molecule has 118 valence electrons. The largest absolute Gasteiger partial charge is 0.490 e. The first-order chi connectivity index (χ1) is 10.7. The van der Waals surface area contributed by atoms with Crippen LogP contribution in [0.5, 0.6) is 11.5 Å². The van der Waals surface area contributed by atoms with Crippen LogP contribution in [-0.2, 0) is 0 Å². The number of aromatic nitrogens is 2. The fourth-order valence-electron chi connectivity index (χ4n) is 1.70. The van der Waals surface area contributed by atoms with E-state index in [9.17, 15) is 4.79 Å². The molecule has 0 aliphatic heterocycles. The lowest BCUT2D eigenvalue weighted by atomic mass is 10.2. The number of amides is 1. The number of carbonyl (C=O) groups excluding carboxylic acids is 1. The van der Waals surface area contributed by atoms with Crippen molar-refractivity contribution in [2.45, 2.75) is 26.7 Å². The Balaban J connectivity index is 2.15. The highest BCUT2D eigenvalue weighted by molar-refractivity contribution is 7.13. The van der Waals surface area contributed by atoms with Gasteiger partial charge in [0.25, 0.3) is 5.91 Å². The molecule has 0 radical (unpaired) electrons. The molecular formula is C15H19N3O3S.